The molecule has 0 aliphatic carbocycles. The molecule has 1 N–H and O–H groups in total. The lowest BCUT2D eigenvalue weighted by Gasteiger charge is -2.36. The molecule has 0 saturated carbocycles. The molecule has 2 saturated heterocycles. The van der Waals surface area contributed by atoms with Gasteiger partial charge < -0.3 is 43.4 Å². The molecule has 1 unspecified atom stereocenters. The molecule has 4 heterocycles. The number of pyridine rings is 1. The van der Waals surface area contributed by atoms with Crippen LogP contribution >= 0.6 is 0 Å². The normalized spacial score (nSPS) is 17.8. The fourth-order valence-electron chi connectivity index (χ4n) is 8.06. The highest BCUT2D eigenvalue weighted by Crippen LogP contribution is 2.43. The number of ether oxygens (including phenoxy) is 5. The maximum atomic E-state index is 14.1. The summed E-state index contributed by atoms with van der Waals surface area (Å²) >= 11 is 0. The third-order valence-electron chi connectivity index (χ3n) is 11.1. The molecule has 7 rings (SSSR count). The second-order valence-corrected chi connectivity index (χ2v) is 14.1. The number of carbonyl (C=O) groups is 1. The Kier molecular flexibility index (Phi) is 11.1. The van der Waals surface area contributed by atoms with Gasteiger partial charge in [-0.05, 0) is 91.9 Å². The molecule has 2 aliphatic rings. The Balaban J connectivity index is 1.06. The van der Waals surface area contributed by atoms with Gasteiger partial charge in [0.15, 0.2) is 23.0 Å². The van der Waals surface area contributed by atoms with Crippen LogP contribution < -0.4 is 29.0 Å². The van der Waals surface area contributed by atoms with E-state index in [1.807, 2.05) is 29.4 Å². The predicted octanol–water partition coefficient (Wildman–Crippen LogP) is 6.27. The van der Waals surface area contributed by atoms with E-state index in [2.05, 4.69) is 62.2 Å². The van der Waals surface area contributed by atoms with Crippen LogP contribution in [0.25, 0.3) is 11.0 Å². The summed E-state index contributed by atoms with van der Waals surface area (Å²) < 4.78 is 30.2. The van der Waals surface area contributed by atoms with Crippen molar-refractivity contribution in [3.63, 3.8) is 0 Å². The van der Waals surface area contributed by atoms with E-state index in [0.29, 0.717) is 53.4 Å². The molecule has 284 valence electrons. The number of amides is 1. The van der Waals surface area contributed by atoms with E-state index in [9.17, 15) is 4.79 Å². The predicted molar refractivity (Wildman–Crippen MR) is 209 cm³/mol. The molecule has 2 aromatic heterocycles. The number of rotatable bonds is 14. The minimum absolute atomic E-state index is 0.0709. The van der Waals surface area contributed by atoms with Crippen molar-refractivity contribution in [1.82, 2.24) is 24.3 Å². The zero-order chi connectivity index (χ0) is 37.7. The summed E-state index contributed by atoms with van der Waals surface area (Å²) in [7, 11) is 7.99. The molecule has 5 aromatic rings. The van der Waals surface area contributed by atoms with Gasteiger partial charge in [-0.3, -0.25) is 9.78 Å². The zero-order valence-electron chi connectivity index (χ0n) is 31.8. The molecule has 12 nitrogen and oxygen atoms in total. The molecular weight excluding hydrogens is 684 g/mol. The number of likely N-dealkylation sites (tertiary alicyclic amines) is 2. The van der Waals surface area contributed by atoms with E-state index in [0.717, 1.165) is 74.4 Å². The van der Waals surface area contributed by atoms with Crippen molar-refractivity contribution < 1.29 is 28.5 Å². The van der Waals surface area contributed by atoms with Gasteiger partial charge in [0.25, 0.3) is 5.91 Å². The van der Waals surface area contributed by atoms with Gasteiger partial charge >= 0.3 is 0 Å². The van der Waals surface area contributed by atoms with Crippen molar-refractivity contribution >= 4 is 22.9 Å². The summed E-state index contributed by atoms with van der Waals surface area (Å²) in [6.07, 6.45) is 7.40. The number of carbonyl (C=O) groups excluding carboxylic acids is 1. The molecule has 0 spiro atoms. The molecule has 12 heteroatoms. The minimum atomic E-state index is -0.275. The van der Waals surface area contributed by atoms with Crippen LogP contribution in [0.15, 0.2) is 79.1 Å². The third-order valence-corrected chi connectivity index (χ3v) is 11.1. The van der Waals surface area contributed by atoms with Crippen molar-refractivity contribution in [2.24, 2.45) is 0 Å². The number of imidazole rings is 1. The highest BCUT2D eigenvalue weighted by atomic mass is 16.5. The summed E-state index contributed by atoms with van der Waals surface area (Å²) in [5, 5.41) is 3.80. The maximum Gasteiger partial charge on any atom is 0.254 e. The van der Waals surface area contributed by atoms with E-state index >= 15 is 0 Å². The highest BCUT2D eigenvalue weighted by molar-refractivity contribution is 5.96. The lowest BCUT2D eigenvalue weighted by Crippen LogP contribution is -2.42. The molecule has 1 atom stereocenters. The largest absolute Gasteiger partial charge is 0.493 e. The van der Waals surface area contributed by atoms with Crippen molar-refractivity contribution in [1.29, 1.82) is 0 Å². The van der Waals surface area contributed by atoms with Gasteiger partial charge in [-0.25, -0.2) is 4.98 Å². The Bertz CT molecular complexity index is 2040. The topological polar surface area (TPSA) is 112 Å². The number of para-hydroxylation sites is 2. The van der Waals surface area contributed by atoms with Gasteiger partial charge in [0.2, 0.25) is 11.7 Å². The van der Waals surface area contributed by atoms with E-state index in [1.165, 1.54) is 5.56 Å². The Morgan fingerprint density at radius 2 is 1.52 bits per heavy atom. The van der Waals surface area contributed by atoms with Gasteiger partial charge in [-0.1, -0.05) is 18.2 Å². The first-order valence-electron chi connectivity index (χ1n) is 18.5. The number of nitrogens with one attached hydrogen (secondary N) is 1. The first-order chi connectivity index (χ1) is 26.4. The van der Waals surface area contributed by atoms with Gasteiger partial charge in [-0.15, -0.1) is 0 Å². The summed E-state index contributed by atoms with van der Waals surface area (Å²) in [4.78, 5) is 27.8. The number of benzene rings is 3. The van der Waals surface area contributed by atoms with Crippen molar-refractivity contribution in [3.05, 3.63) is 95.8 Å². The van der Waals surface area contributed by atoms with Gasteiger partial charge in [0.05, 0.1) is 53.1 Å². The number of aromatic nitrogens is 3. The van der Waals surface area contributed by atoms with E-state index < -0.39 is 0 Å². The molecular formula is C42H50N6O6. The molecule has 0 bridgehead atoms. The van der Waals surface area contributed by atoms with Crippen LogP contribution in [0.1, 0.15) is 47.2 Å². The van der Waals surface area contributed by atoms with Crippen LogP contribution in [-0.2, 0) is 12.0 Å². The van der Waals surface area contributed by atoms with E-state index in [4.69, 9.17) is 28.7 Å². The van der Waals surface area contributed by atoms with Crippen molar-refractivity contribution in [2.45, 2.75) is 43.7 Å². The van der Waals surface area contributed by atoms with Crippen LogP contribution in [-0.4, -0.2) is 105 Å². The fraction of sp³-hybridized carbons (Fsp3) is 0.405. The Hall–Kier alpha value is -5.49. The number of hydrogen-bond acceptors (Lipinski definition) is 10. The number of fused-ring (bicyclic) bond motifs is 1. The summed E-state index contributed by atoms with van der Waals surface area (Å²) in [5.41, 5.74) is 4.65. The average Bonchev–Trinajstić information content (AvgIpc) is 3.82. The van der Waals surface area contributed by atoms with Crippen molar-refractivity contribution in [3.8, 4) is 28.7 Å². The SMILES string of the molecule is COc1ccc(C2(CCN3CCC(Nc4nc5ccccc5n4Cc4ccncc4)CC3)CCN(C(=O)c3cc(OC)c(OC)c(OC)c3)C2)cc1OC. The molecule has 2 aliphatic heterocycles. The molecule has 2 fully saturated rings. The van der Waals surface area contributed by atoms with Gasteiger partial charge in [0.1, 0.15) is 0 Å². The van der Waals surface area contributed by atoms with E-state index in [1.54, 1.807) is 47.7 Å². The number of piperidine rings is 1. The molecule has 3 aromatic carbocycles. The number of methoxy groups -OCH3 is 5. The Morgan fingerprint density at radius 1 is 0.815 bits per heavy atom. The lowest BCUT2D eigenvalue weighted by molar-refractivity contribution is 0.0779. The zero-order valence-corrected chi connectivity index (χ0v) is 31.8. The maximum absolute atomic E-state index is 14.1. The number of nitrogens with zero attached hydrogens (tertiary/aromatic N) is 5. The Labute approximate surface area is 316 Å². The first kappa shape index (κ1) is 36.9. The monoisotopic (exact) mass is 734 g/mol. The first-order valence-corrected chi connectivity index (χ1v) is 18.5. The van der Waals surface area contributed by atoms with Crippen LogP contribution in [0.4, 0.5) is 5.95 Å². The number of anilines is 1. The van der Waals surface area contributed by atoms with E-state index in [-0.39, 0.29) is 11.3 Å². The second kappa shape index (κ2) is 16.3. The highest BCUT2D eigenvalue weighted by Gasteiger charge is 2.42. The lowest BCUT2D eigenvalue weighted by atomic mass is 9.76. The second-order valence-electron chi connectivity index (χ2n) is 14.1. The molecule has 54 heavy (non-hydrogen) atoms. The van der Waals surface area contributed by atoms with Crippen LogP contribution in [0.5, 0.6) is 28.7 Å². The van der Waals surface area contributed by atoms with Crippen molar-refractivity contribution in [2.75, 3.05) is 73.6 Å². The van der Waals surface area contributed by atoms with Crippen LogP contribution in [0, 0.1) is 0 Å². The summed E-state index contributed by atoms with van der Waals surface area (Å²) in [6, 6.07) is 22.4. The Morgan fingerprint density at radius 3 is 2.20 bits per heavy atom. The fourth-order valence-corrected chi connectivity index (χ4v) is 8.06. The van der Waals surface area contributed by atoms with Crippen LogP contribution in [0.2, 0.25) is 0 Å². The summed E-state index contributed by atoms with van der Waals surface area (Å²) in [5.74, 6) is 3.57. The molecule has 0 radical (unpaired) electrons. The quantitative estimate of drug-likeness (QED) is 0.140. The summed E-state index contributed by atoms with van der Waals surface area (Å²) in [6.45, 7) is 4.77. The standard InChI is InChI=1S/C42H50N6O6/c1-50-35-11-10-31(26-36(35)51-2)42(17-23-47(28-42)40(49)30-24-37(52-3)39(54-5)38(25-30)53-4)16-22-46-20-14-32(15-21-46)44-41-45-33-8-6-7-9-34(33)48(41)27-29-12-18-43-19-13-29/h6-13,18-19,24-26,32H,14-17,20-23,27-28H2,1-5H3,(H,44,45). The average molecular weight is 735 g/mol. The third kappa shape index (κ3) is 7.48. The van der Waals surface area contributed by atoms with Gasteiger partial charge in [-0.2, -0.15) is 0 Å². The van der Waals surface area contributed by atoms with Crippen LogP contribution in [0.3, 0.4) is 0 Å². The minimum Gasteiger partial charge on any atom is -0.493 e. The molecule has 1 amide bonds. The van der Waals surface area contributed by atoms with Gasteiger partial charge in [0, 0.05) is 55.6 Å². The number of hydrogen-bond donors (Lipinski definition) is 1. The smallest absolute Gasteiger partial charge is 0.254 e.